The van der Waals surface area contributed by atoms with Crippen LogP contribution in [0.1, 0.15) is 72.0 Å². The number of rotatable bonds is 10. The lowest BCUT2D eigenvalue weighted by Crippen LogP contribution is -2.15. The molecule has 2 heterocycles. The van der Waals surface area contributed by atoms with Gasteiger partial charge in [-0.15, -0.1) is 15.3 Å². The van der Waals surface area contributed by atoms with E-state index in [1.165, 1.54) is 71.2 Å². The Hall–Kier alpha value is -5.60. The number of hydrogen-bond acceptors (Lipinski definition) is 10. The zero-order valence-corrected chi connectivity index (χ0v) is 42.3. The summed E-state index contributed by atoms with van der Waals surface area (Å²) in [5.41, 5.74) is 12.3. The normalized spacial score (nSPS) is 12.6. The number of nitrogen functional groups attached to an aromatic ring is 1. The number of carboxylic acid groups (broad SMARTS) is 2. The molecule has 0 radical (unpaired) electrons. The molecular formula is C49H46Br2Cl2N8O6S2. The fourth-order valence-electron chi connectivity index (χ4n) is 7.24. The van der Waals surface area contributed by atoms with E-state index in [1.54, 1.807) is 12.1 Å². The van der Waals surface area contributed by atoms with Crippen molar-refractivity contribution in [2.45, 2.75) is 57.0 Å². The van der Waals surface area contributed by atoms with Gasteiger partial charge in [0.1, 0.15) is 6.61 Å². The smallest absolute Gasteiger partial charge is 0.335 e. The van der Waals surface area contributed by atoms with Crippen LogP contribution in [0.2, 0.25) is 10.0 Å². The number of hydrogen-bond donors (Lipinski definition) is 6. The number of amides is 1. The Bertz CT molecular complexity index is 3230. The van der Waals surface area contributed by atoms with Crippen LogP contribution < -0.4 is 11.1 Å². The predicted octanol–water partition coefficient (Wildman–Crippen LogP) is 12.8. The highest BCUT2D eigenvalue weighted by Crippen LogP contribution is 2.45. The molecule has 358 valence electrons. The quantitative estimate of drug-likeness (QED) is 0.0429. The van der Waals surface area contributed by atoms with Gasteiger partial charge in [0, 0.05) is 10.8 Å². The first-order valence-electron chi connectivity index (χ1n) is 20.9. The van der Waals surface area contributed by atoms with Crippen molar-refractivity contribution in [3.8, 4) is 11.4 Å². The summed E-state index contributed by atoms with van der Waals surface area (Å²) in [7, 11) is 0. The number of anilines is 2. The maximum Gasteiger partial charge on any atom is 0.335 e. The number of H-pyrrole nitrogens is 1. The number of benzene rings is 6. The molecule has 0 unspecified atom stereocenters. The summed E-state index contributed by atoms with van der Waals surface area (Å²) in [6, 6.07) is 34.9. The molecule has 0 atom stereocenters. The molecule has 2 saturated carbocycles. The van der Waals surface area contributed by atoms with Crippen molar-refractivity contribution in [3.63, 3.8) is 0 Å². The second kappa shape index (κ2) is 23.8. The van der Waals surface area contributed by atoms with Crippen molar-refractivity contribution in [2.24, 2.45) is 0 Å². The second-order valence-corrected chi connectivity index (χ2v) is 19.2. The van der Waals surface area contributed by atoms with Crippen LogP contribution in [0.3, 0.4) is 0 Å². The highest BCUT2D eigenvalue weighted by molar-refractivity contribution is 9.10. The SMILES string of the molecule is C.Cc1ccc(NC(=O)CO)c(Cl)c1.Nc1ccc(C(=O)O)cc1Cl.O=C(O)CSc1nnc(Br)n1-c1ccc(C2CC2)c2ccccc12.S=c1[nH]nc(Br)n1-c1ccc(C2CC2)c2ccccc12. The Morgan fingerprint density at radius 2 is 1.35 bits per heavy atom. The molecule has 6 aromatic carbocycles. The van der Waals surface area contributed by atoms with Gasteiger partial charge >= 0.3 is 11.9 Å². The number of aryl methyl sites for hydroxylation is 1. The number of fused-ring (bicyclic) bond motifs is 2. The van der Waals surface area contributed by atoms with Crippen LogP contribution in [0.15, 0.2) is 124 Å². The molecule has 8 aromatic rings. The molecule has 20 heteroatoms. The number of nitrogens with two attached hydrogens (primary N) is 1. The second-order valence-electron chi connectivity index (χ2n) is 15.6. The number of carboxylic acids is 2. The van der Waals surface area contributed by atoms with Gasteiger partial charge in [-0.05, 0) is 158 Å². The average molecular weight is 1140 g/mol. The van der Waals surface area contributed by atoms with E-state index in [9.17, 15) is 14.4 Å². The molecule has 2 aliphatic carbocycles. The molecule has 2 aromatic heterocycles. The number of halogens is 4. The maximum absolute atomic E-state index is 10.9. The molecule has 0 spiro atoms. The molecule has 7 N–H and O–H groups in total. The van der Waals surface area contributed by atoms with Crippen molar-refractivity contribution in [3.05, 3.63) is 156 Å². The van der Waals surface area contributed by atoms with Crippen LogP contribution in [-0.2, 0) is 9.59 Å². The van der Waals surface area contributed by atoms with Crippen molar-refractivity contribution >= 4 is 130 Å². The van der Waals surface area contributed by atoms with E-state index in [0.29, 0.717) is 41.7 Å². The highest BCUT2D eigenvalue weighted by Gasteiger charge is 2.27. The Kier molecular flexibility index (Phi) is 18.2. The third kappa shape index (κ3) is 13.2. The zero-order valence-electron chi connectivity index (χ0n) is 36.0. The van der Waals surface area contributed by atoms with Gasteiger partial charge in [0.2, 0.25) is 20.1 Å². The van der Waals surface area contributed by atoms with Gasteiger partial charge < -0.3 is 26.4 Å². The van der Waals surface area contributed by atoms with Crippen molar-refractivity contribution in [2.75, 3.05) is 23.4 Å². The molecule has 2 aliphatic rings. The molecule has 2 fully saturated rings. The largest absolute Gasteiger partial charge is 0.481 e. The Morgan fingerprint density at radius 3 is 1.83 bits per heavy atom. The fraction of sp³-hybridized carbons (Fsp3) is 0.204. The van der Waals surface area contributed by atoms with Crippen LogP contribution in [0, 0.1) is 11.7 Å². The lowest BCUT2D eigenvalue weighted by Gasteiger charge is -2.13. The molecule has 10 rings (SSSR count). The van der Waals surface area contributed by atoms with Crippen molar-refractivity contribution < 1.29 is 29.7 Å². The lowest BCUT2D eigenvalue weighted by atomic mass is 9.99. The number of aliphatic hydroxyl groups excluding tert-OH is 1. The monoisotopic (exact) mass is 1130 g/mol. The van der Waals surface area contributed by atoms with E-state index in [0.717, 1.165) is 40.0 Å². The molecular weight excluding hydrogens is 1090 g/mol. The number of nitrogens with zero attached hydrogens (tertiary/aromatic N) is 5. The number of thioether (sulfide) groups is 1. The maximum atomic E-state index is 10.9. The first-order valence-corrected chi connectivity index (χ1v) is 24.7. The molecule has 0 aliphatic heterocycles. The van der Waals surface area contributed by atoms with Crippen LogP contribution in [0.5, 0.6) is 0 Å². The minimum absolute atomic E-state index is 0. The summed E-state index contributed by atoms with van der Waals surface area (Å²) in [6.45, 7) is 1.37. The number of aromatic amines is 1. The van der Waals surface area contributed by atoms with E-state index in [4.69, 9.17) is 56.5 Å². The summed E-state index contributed by atoms with van der Waals surface area (Å²) in [4.78, 5) is 32.0. The average Bonchev–Trinajstić information content (AvgIpc) is 4.28. The summed E-state index contributed by atoms with van der Waals surface area (Å²) in [5.74, 6) is -1.01. The van der Waals surface area contributed by atoms with Crippen molar-refractivity contribution in [1.82, 2.24) is 29.5 Å². The molecule has 0 bridgehead atoms. The number of aromatic nitrogens is 6. The number of aliphatic hydroxyl groups is 1. The number of carbonyl (C=O) groups excluding carboxylic acids is 1. The van der Waals surface area contributed by atoms with Crippen LogP contribution >= 0.6 is 79.0 Å². The van der Waals surface area contributed by atoms with Gasteiger partial charge in [0.25, 0.3) is 0 Å². The Balaban J connectivity index is 0.000000158. The Labute approximate surface area is 433 Å². The number of carbonyl (C=O) groups is 3. The summed E-state index contributed by atoms with van der Waals surface area (Å²) in [6.07, 6.45) is 5.11. The first kappa shape index (κ1) is 52.8. The van der Waals surface area contributed by atoms with Gasteiger partial charge in [0.15, 0.2) is 5.16 Å². The van der Waals surface area contributed by atoms with Gasteiger partial charge in [0.05, 0.1) is 44.1 Å². The topological polar surface area (TPSA) is 214 Å². The van der Waals surface area contributed by atoms with Crippen LogP contribution in [-0.4, -0.2) is 75.1 Å². The number of nitrogens with one attached hydrogen (secondary N) is 2. The molecule has 69 heavy (non-hydrogen) atoms. The van der Waals surface area contributed by atoms with Crippen LogP contribution in [0.25, 0.3) is 32.9 Å². The summed E-state index contributed by atoms with van der Waals surface area (Å²) < 4.78 is 5.66. The van der Waals surface area contributed by atoms with Crippen molar-refractivity contribution in [1.29, 1.82) is 0 Å². The summed E-state index contributed by atoms with van der Waals surface area (Å²) >= 11 is 24.8. The molecule has 1 amide bonds. The summed E-state index contributed by atoms with van der Waals surface area (Å²) in [5, 5.41) is 49.7. The number of aromatic carboxylic acids is 1. The fourth-order valence-corrected chi connectivity index (χ4v) is 9.72. The lowest BCUT2D eigenvalue weighted by molar-refractivity contribution is -0.134. The highest BCUT2D eigenvalue weighted by atomic mass is 79.9. The van der Waals surface area contributed by atoms with Gasteiger partial charge in [-0.2, -0.15) is 0 Å². The molecule has 14 nitrogen and oxygen atoms in total. The van der Waals surface area contributed by atoms with E-state index in [2.05, 4.69) is 124 Å². The van der Waals surface area contributed by atoms with Gasteiger partial charge in [-0.25, -0.2) is 4.79 Å². The van der Waals surface area contributed by atoms with E-state index < -0.39 is 24.5 Å². The van der Waals surface area contributed by atoms with Crippen LogP contribution in [0.4, 0.5) is 11.4 Å². The minimum Gasteiger partial charge on any atom is -0.481 e. The molecule has 0 saturated heterocycles. The third-order valence-electron chi connectivity index (χ3n) is 10.7. The van der Waals surface area contributed by atoms with Gasteiger partial charge in [-0.3, -0.25) is 23.8 Å². The minimum atomic E-state index is -1.01. The standard InChI is InChI=1S/C17H14BrN3O2S.C15H12BrN3S.C9H10ClNO2.C7H6ClNO2.CH4/c18-16-19-20-17(24-9-15(22)23)21(16)14-8-7-11(10-5-6-10)12-3-1-2-4-13(12)14;16-14-17-18-15(20)19(14)13-8-7-10(9-5-6-9)11-3-1-2-4-12(11)13;1-6-2-3-8(7(10)4-6)11-9(13)5-12;8-5-3-4(7(10)11)1-2-6(5)9;/h1-4,7-8,10H,5-6,9H2,(H,22,23);1-4,7-9H,5-6H2,(H,18,20);2-4,12H,5H2,1H3,(H,11,13);1-3H,9H2,(H,10,11);1H4. The number of aliphatic carboxylic acids is 1. The van der Waals surface area contributed by atoms with E-state index in [1.807, 2.05) is 28.2 Å². The zero-order chi connectivity index (χ0) is 48.6. The van der Waals surface area contributed by atoms with Gasteiger partial charge in [-0.1, -0.05) is 109 Å². The Morgan fingerprint density at radius 1 is 0.783 bits per heavy atom. The first-order chi connectivity index (χ1) is 32.6. The van der Waals surface area contributed by atoms with E-state index >= 15 is 0 Å². The van der Waals surface area contributed by atoms with E-state index in [-0.39, 0.29) is 23.8 Å². The third-order valence-corrected chi connectivity index (χ3v) is 13.6. The predicted molar refractivity (Wildman–Crippen MR) is 284 cm³/mol.